The minimum Gasteiger partial charge on any atom is -0.340 e. The number of likely N-dealkylation sites (N-methyl/N-ethyl adjacent to an activating group) is 1. The number of rotatable bonds is 4. The van der Waals surface area contributed by atoms with Gasteiger partial charge in [0.15, 0.2) is 5.82 Å². The van der Waals surface area contributed by atoms with Crippen molar-refractivity contribution in [3.8, 4) is 0 Å². The summed E-state index contributed by atoms with van der Waals surface area (Å²) >= 11 is 0. The summed E-state index contributed by atoms with van der Waals surface area (Å²) in [6, 6.07) is 9.65. The largest absolute Gasteiger partial charge is 0.340 e. The zero-order valence-corrected chi connectivity index (χ0v) is 14.5. The summed E-state index contributed by atoms with van der Waals surface area (Å²) in [5, 5.41) is 3.87. The SMILES string of the molecule is Cc1noc([C@@H]2CCCN(C(=O)[C@@H](c3ccccc3)N(C)C)C2)n1. The fraction of sp³-hybridized carbons (Fsp3) is 0.500. The Morgan fingerprint density at radius 1 is 1.33 bits per heavy atom. The lowest BCUT2D eigenvalue weighted by molar-refractivity contribution is -0.137. The second-order valence-corrected chi connectivity index (χ2v) is 6.58. The van der Waals surface area contributed by atoms with Crippen LogP contribution in [0.15, 0.2) is 34.9 Å². The summed E-state index contributed by atoms with van der Waals surface area (Å²) in [5.41, 5.74) is 1.02. The molecule has 0 bridgehead atoms. The molecule has 0 saturated carbocycles. The van der Waals surface area contributed by atoms with E-state index in [1.54, 1.807) is 0 Å². The highest BCUT2D eigenvalue weighted by Gasteiger charge is 2.33. The maximum absolute atomic E-state index is 13.1. The van der Waals surface area contributed by atoms with Gasteiger partial charge in [0.05, 0.1) is 5.92 Å². The average Bonchev–Trinajstić information content (AvgIpc) is 3.02. The van der Waals surface area contributed by atoms with Crippen LogP contribution in [0.25, 0.3) is 0 Å². The standard InChI is InChI=1S/C18H24N4O2/c1-13-19-17(24-20-13)15-10-7-11-22(12-15)18(23)16(21(2)3)14-8-5-4-6-9-14/h4-6,8-9,15-16H,7,10-12H2,1-3H3/t15-,16-/m1/s1. The number of hydrogen-bond donors (Lipinski definition) is 0. The second kappa shape index (κ2) is 7.13. The topological polar surface area (TPSA) is 62.5 Å². The molecule has 2 aromatic rings. The Morgan fingerprint density at radius 3 is 2.71 bits per heavy atom. The van der Waals surface area contributed by atoms with Crippen molar-refractivity contribution in [2.75, 3.05) is 27.2 Å². The predicted molar refractivity (Wildman–Crippen MR) is 90.5 cm³/mol. The van der Waals surface area contributed by atoms with Crippen LogP contribution in [0.5, 0.6) is 0 Å². The maximum atomic E-state index is 13.1. The average molecular weight is 328 g/mol. The van der Waals surface area contributed by atoms with Gasteiger partial charge in [0.2, 0.25) is 11.8 Å². The normalized spacial score (nSPS) is 19.5. The number of piperidine rings is 1. The molecule has 1 aromatic heterocycles. The van der Waals surface area contributed by atoms with Crippen LogP contribution in [-0.2, 0) is 4.79 Å². The number of amides is 1. The van der Waals surface area contributed by atoms with Crippen molar-refractivity contribution < 1.29 is 9.32 Å². The lowest BCUT2D eigenvalue weighted by Gasteiger charge is -2.35. The third-order valence-corrected chi connectivity index (χ3v) is 4.49. The first kappa shape index (κ1) is 16.6. The van der Waals surface area contributed by atoms with Crippen molar-refractivity contribution in [3.05, 3.63) is 47.6 Å². The highest BCUT2D eigenvalue weighted by atomic mass is 16.5. The van der Waals surface area contributed by atoms with Crippen molar-refractivity contribution in [2.45, 2.75) is 31.7 Å². The molecule has 24 heavy (non-hydrogen) atoms. The van der Waals surface area contributed by atoms with Crippen LogP contribution >= 0.6 is 0 Å². The summed E-state index contributed by atoms with van der Waals surface area (Å²) in [6.07, 6.45) is 1.93. The zero-order chi connectivity index (χ0) is 17.1. The predicted octanol–water partition coefficient (Wildman–Crippen LogP) is 2.39. The van der Waals surface area contributed by atoms with Crippen LogP contribution in [0.3, 0.4) is 0 Å². The molecule has 1 aliphatic rings. The van der Waals surface area contributed by atoms with Crippen molar-refractivity contribution in [1.82, 2.24) is 19.9 Å². The maximum Gasteiger partial charge on any atom is 0.244 e. The number of carbonyl (C=O) groups excluding carboxylic acids is 1. The first-order chi connectivity index (χ1) is 11.6. The first-order valence-corrected chi connectivity index (χ1v) is 8.36. The molecule has 6 nitrogen and oxygen atoms in total. The molecule has 2 heterocycles. The molecule has 2 atom stereocenters. The fourth-order valence-corrected chi connectivity index (χ4v) is 3.33. The molecule has 1 aliphatic heterocycles. The van der Waals surface area contributed by atoms with Crippen LogP contribution in [-0.4, -0.2) is 53.0 Å². The van der Waals surface area contributed by atoms with E-state index >= 15 is 0 Å². The Bertz CT molecular complexity index is 683. The molecule has 0 unspecified atom stereocenters. The van der Waals surface area contributed by atoms with Crippen molar-refractivity contribution in [2.24, 2.45) is 0 Å². The van der Waals surface area contributed by atoms with E-state index in [4.69, 9.17) is 4.52 Å². The number of carbonyl (C=O) groups is 1. The number of aromatic nitrogens is 2. The summed E-state index contributed by atoms with van der Waals surface area (Å²) in [5.74, 6) is 1.55. The molecule has 6 heteroatoms. The lowest BCUT2D eigenvalue weighted by Crippen LogP contribution is -2.45. The summed E-state index contributed by atoms with van der Waals surface area (Å²) < 4.78 is 5.31. The number of likely N-dealkylation sites (tertiary alicyclic amines) is 1. The van der Waals surface area contributed by atoms with Gasteiger partial charge in [-0.15, -0.1) is 0 Å². The van der Waals surface area contributed by atoms with Gasteiger partial charge >= 0.3 is 0 Å². The molecule has 0 N–H and O–H groups in total. The van der Waals surface area contributed by atoms with Crippen LogP contribution in [0.4, 0.5) is 0 Å². The molecule has 0 radical (unpaired) electrons. The molecule has 0 aliphatic carbocycles. The van der Waals surface area contributed by atoms with Gasteiger partial charge in [-0.2, -0.15) is 4.98 Å². The van der Waals surface area contributed by atoms with E-state index in [9.17, 15) is 4.79 Å². The Balaban J connectivity index is 1.77. The monoisotopic (exact) mass is 328 g/mol. The Labute approximate surface area is 142 Å². The van der Waals surface area contributed by atoms with E-state index in [0.29, 0.717) is 18.3 Å². The third kappa shape index (κ3) is 3.48. The Hall–Kier alpha value is -2.21. The molecule has 128 valence electrons. The number of nitrogens with zero attached hydrogens (tertiary/aromatic N) is 4. The number of benzene rings is 1. The molecule has 1 fully saturated rings. The van der Waals surface area contributed by atoms with Gasteiger partial charge in [-0.05, 0) is 39.4 Å². The van der Waals surface area contributed by atoms with Crippen molar-refractivity contribution in [1.29, 1.82) is 0 Å². The molecular formula is C18H24N4O2. The van der Waals surface area contributed by atoms with Crippen molar-refractivity contribution >= 4 is 5.91 Å². The van der Waals surface area contributed by atoms with Gasteiger partial charge < -0.3 is 9.42 Å². The van der Waals surface area contributed by atoms with Crippen LogP contribution in [0, 0.1) is 6.92 Å². The fourth-order valence-electron chi connectivity index (χ4n) is 3.33. The minimum absolute atomic E-state index is 0.127. The van der Waals surface area contributed by atoms with Gasteiger partial charge in [0.1, 0.15) is 6.04 Å². The minimum atomic E-state index is -0.269. The first-order valence-electron chi connectivity index (χ1n) is 8.36. The van der Waals surface area contributed by atoms with Gasteiger partial charge in [-0.1, -0.05) is 35.5 Å². The van der Waals surface area contributed by atoms with E-state index in [1.165, 1.54) is 0 Å². The Kier molecular flexibility index (Phi) is 4.94. The van der Waals surface area contributed by atoms with E-state index in [0.717, 1.165) is 24.9 Å². The van der Waals surface area contributed by atoms with Gasteiger partial charge in [-0.3, -0.25) is 9.69 Å². The molecule has 1 amide bonds. The second-order valence-electron chi connectivity index (χ2n) is 6.58. The summed E-state index contributed by atoms with van der Waals surface area (Å²) in [6.45, 7) is 3.23. The zero-order valence-electron chi connectivity index (χ0n) is 14.5. The molecule has 1 aromatic carbocycles. The van der Waals surface area contributed by atoms with Gasteiger partial charge in [-0.25, -0.2) is 0 Å². The summed E-state index contributed by atoms with van der Waals surface area (Å²) in [7, 11) is 3.89. The molecule has 1 saturated heterocycles. The highest BCUT2D eigenvalue weighted by molar-refractivity contribution is 5.83. The van der Waals surface area contributed by atoms with Crippen LogP contribution < -0.4 is 0 Å². The number of hydrogen-bond acceptors (Lipinski definition) is 5. The quantitative estimate of drug-likeness (QED) is 0.862. The lowest BCUT2D eigenvalue weighted by atomic mass is 9.96. The third-order valence-electron chi connectivity index (χ3n) is 4.49. The smallest absolute Gasteiger partial charge is 0.244 e. The van der Waals surface area contributed by atoms with Crippen LogP contribution in [0.2, 0.25) is 0 Å². The number of aryl methyl sites for hydroxylation is 1. The van der Waals surface area contributed by atoms with Crippen LogP contribution in [0.1, 0.15) is 42.1 Å². The highest BCUT2D eigenvalue weighted by Crippen LogP contribution is 2.29. The van der Waals surface area contributed by atoms with Gasteiger partial charge in [0.25, 0.3) is 0 Å². The van der Waals surface area contributed by atoms with E-state index < -0.39 is 0 Å². The van der Waals surface area contributed by atoms with Crippen molar-refractivity contribution in [3.63, 3.8) is 0 Å². The van der Waals surface area contributed by atoms with E-state index in [-0.39, 0.29) is 17.9 Å². The van der Waals surface area contributed by atoms with E-state index in [1.807, 2.05) is 61.2 Å². The van der Waals surface area contributed by atoms with E-state index in [2.05, 4.69) is 10.1 Å². The molecule has 0 spiro atoms. The molecule has 3 rings (SSSR count). The molecular weight excluding hydrogens is 304 g/mol. The van der Waals surface area contributed by atoms with Gasteiger partial charge in [0, 0.05) is 13.1 Å². The summed E-state index contributed by atoms with van der Waals surface area (Å²) in [4.78, 5) is 21.4. The Morgan fingerprint density at radius 2 is 2.08 bits per heavy atom.